The molecule has 0 fully saturated rings. The van der Waals surface area contributed by atoms with Crippen molar-refractivity contribution >= 4 is 12.2 Å². The van der Waals surface area contributed by atoms with Crippen LogP contribution in [0.3, 0.4) is 0 Å². The molecule has 0 radical (unpaired) electrons. The highest BCUT2D eigenvalue weighted by atomic mass is 16.5. The molecule has 380 valence electrons. The molecule has 0 amide bonds. The molecule has 2 rings (SSSR count). The van der Waals surface area contributed by atoms with Gasteiger partial charge in [0, 0.05) is 12.1 Å². The van der Waals surface area contributed by atoms with Gasteiger partial charge in [0.15, 0.2) is 0 Å². The highest BCUT2D eigenvalue weighted by Crippen LogP contribution is 2.28. The standard InChI is InChI=1S/C58H108N4O4/c1-59(2,3)39-29-21-13-17-25-33-43-63-55-47-53(48-56(51-55)64-44-34-26-18-14-22-30-40-60(4,5)6)37-38-54-49-57(65-45-35-27-19-15-23-31-41-61(7,8)9)52-58(50-54)66-46-36-28-20-16-24-32-42-62(10,11)12/h37-38,47-52H,13-36,39-46H2,1-12H3/q+4/b38-37+. The van der Waals surface area contributed by atoms with Gasteiger partial charge in [-0.1, -0.05) is 89.2 Å². The van der Waals surface area contributed by atoms with Gasteiger partial charge in [-0.15, -0.1) is 0 Å². The molecule has 0 aromatic heterocycles. The summed E-state index contributed by atoms with van der Waals surface area (Å²) >= 11 is 0. The summed E-state index contributed by atoms with van der Waals surface area (Å²) in [5.74, 6) is 3.54. The summed E-state index contributed by atoms with van der Waals surface area (Å²) in [7, 11) is 27.4. The molecule has 8 heteroatoms. The van der Waals surface area contributed by atoms with Crippen LogP contribution in [0.4, 0.5) is 0 Å². The third-order valence-electron chi connectivity index (χ3n) is 12.2. The molecule has 0 unspecified atom stereocenters. The Morgan fingerprint density at radius 2 is 0.439 bits per heavy atom. The zero-order valence-electron chi connectivity index (χ0n) is 45.7. The van der Waals surface area contributed by atoms with Crippen LogP contribution in [0.25, 0.3) is 12.2 Å². The van der Waals surface area contributed by atoms with E-state index in [1.165, 1.54) is 155 Å². The lowest BCUT2D eigenvalue weighted by Crippen LogP contribution is -2.35. The minimum absolute atomic E-state index is 0.729. The monoisotopic (exact) mass is 925 g/mol. The van der Waals surface area contributed by atoms with Gasteiger partial charge >= 0.3 is 0 Å². The number of unbranched alkanes of at least 4 members (excludes halogenated alkanes) is 20. The van der Waals surface area contributed by atoms with Crippen LogP contribution in [-0.4, -0.2) is 155 Å². The Labute approximate surface area is 409 Å². The van der Waals surface area contributed by atoms with E-state index in [2.05, 4.69) is 133 Å². The van der Waals surface area contributed by atoms with Gasteiger partial charge in [-0.25, -0.2) is 0 Å². The number of benzene rings is 2. The Balaban J connectivity index is 2.07. The molecule has 2 aromatic carbocycles. The molecule has 0 aliphatic rings. The molecular formula is C58H108N4O4+4. The van der Waals surface area contributed by atoms with Gasteiger partial charge in [0.1, 0.15) is 23.0 Å². The van der Waals surface area contributed by atoms with Crippen LogP contribution < -0.4 is 18.9 Å². The molecule has 0 bridgehead atoms. The fourth-order valence-corrected chi connectivity index (χ4v) is 8.25. The van der Waals surface area contributed by atoms with Crippen LogP contribution in [0.1, 0.15) is 165 Å². The summed E-state index contributed by atoms with van der Waals surface area (Å²) in [4.78, 5) is 0. The van der Waals surface area contributed by atoms with Crippen molar-refractivity contribution in [1.82, 2.24) is 0 Å². The molecule has 2 aromatic rings. The Kier molecular flexibility index (Phi) is 30.3. The Morgan fingerprint density at radius 3 is 0.636 bits per heavy atom. The van der Waals surface area contributed by atoms with Gasteiger partial charge in [-0.2, -0.15) is 0 Å². The Morgan fingerprint density at radius 1 is 0.258 bits per heavy atom. The minimum Gasteiger partial charge on any atom is -0.493 e. The molecule has 0 aliphatic carbocycles. The van der Waals surface area contributed by atoms with Gasteiger partial charge in [-0.3, -0.25) is 0 Å². The molecule has 0 N–H and O–H groups in total. The van der Waals surface area contributed by atoms with Crippen molar-refractivity contribution in [2.24, 2.45) is 0 Å². The van der Waals surface area contributed by atoms with Crippen molar-refractivity contribution in [2.45, 2.75) is 154 Å². The SMILES string of the molecule is C[N+](C)(C)CCCCCCCCOc1cc(/C=C/c2cc(OCCCCCCCC[N+](C)(C)C)cc(OCCCCCCCC[N+](C)(C)C)c2)cc(OCCCCCCCC[N+](C)(C)C)c1. The highest BCUT2D eigenvalue weighted by Gasteiger charge is 2.10. The van der Waals surface area contributed by atoms with Crippen molar-refractivity contribution in [3.8, 4) is 23.0 Å². The summed E-state index contributed by atoms with van der Waals surface area (Å²) in [5.41, 5.74) is 2.15. The van der Waals surface area contributed by atoms with Crippen molar-refractivity contribution < 1.29 is 36.9 Å². The van der Waals surface area contributed by atoms with Crippen LogP contribution in [0, 0.1) is 0 Å². The zero-order chi connectivity index (χ0) is 48.6. The van der Waals surface area contributed by atoms with Gasteiger partial charge in [0.25, 0.3) is 0 Å². The molecule has 0 aliphatic heterocycles. The molecule has 0 atom stereocenters. The van der Waals surface area contributed by atoms with Crippen molar-refractivity contribution in [2.75, 3.05) is 137 Å². The number of quaternary nitrogens is 4. The average Bonchev–Trinajstić information content (AvgIpc) is 3.21. The van der Waals surface area contributed by atoms with E-state index in [0.29, 0.717) is 0 Å². The summed E-state index contributed by atoms with van der Waals surface area (Å²) < 4.78 is 29.8. The molecule has 0 spiro atoms. The van der Waals surface area contributed by atoms with E-state index in [4.69, 9.17) is 18.9 Å². The predicted octanol–water partition coefficient (Wildman–Crippen LogP) is 13.6. The predicted molar refractivity (Wildman–Crippen MR) is 286 cm³/mol. The van der Waals surface area contributed by atoms with E-state index in [0.717, 1.165) is 104 Å². The number of rotatable bonds is 42. The Hall–Kier alpha value is -2.78. The molecule has 0 saturated carbocycles. The number of hydrogen-bond donors (Lipinski definition) is 0. The van der Waals surface area contributed by atoms with Crippen molar-refractivity contribution in [1.29, 1.82) is 0 Å². The first-order chi connectivity index (χ1) is 31.3. The largest absolute Gasteiger partial charge is 0.493 e. The van der Waals surface area contributed by atoms with Gasteiger partial charge in [0.05, 0.1) is 137 Å². The summed E-state index contributed by atoms with van der Waals surface area (Å²) in [6.45, 7) is 7.91. The van der Waals surface area contributed by atoms with E-state index in [1.807, 2.05) is 0 Å². The van der Waals surface area contributed by atoms with E-state index in [1.54, 1.807) is 0 Å². The lowest BCUT2D eigenvalue weighted by Gasteiger charge is -2.23. The number of nitrogens with zero attached hydrogens (tertiary/aromatic N) is 4. The topological polar surface area (TPSA) is 36.9 Å². The maximum Gasteiger partial charge on any atom is 0.123 e. The van der Waals surface area contributed by atoms with Crippen LogP contribution in [-0.2, 0) is 0 Å². The molecule has 66 heavy (non-hydrogen) atoms. The zero-order valence-corrected chi connectivity index (χ0v) is 45.7. The van der Waals surface area contributed by atoms with E-state index in [9.17, 15) is 0 Å². The fourth-order valence-electron chi connectivity index (χ4n) is 8.25. The quantitative estimate of drug-likeness (QED) is 0.0378. The van der Waals surface area contributed by atoms with Crippen LogP contribution in [0.2, 0.25) is 0 Å². The van der Waals surface area contributed by atoms with Crippen LogP contribution in [0.5, 0.6) is 23.0 Å². The van der Waals surface area contributed by atoms with Gasteiger partial charge in [-0.05, 0) is 112 Å². The fraction of sp³-hybridized carbons (Fsp3) is 0.759. The van der Waals surface area contributed by atoms with Gasteiger partial charge < -0.3 is 36.9 Å². The second-order valence-electron chi connectivity index (χ2n) is 23.7. The summed E-state index contributed by atoms with van der Waals surface area (Å²) in [5, 5.41) is 0. The molecular weight excluding hydrogens is 817 g/mol. The lowest BCUT2D eigenvalue weighted by molar-refractivity contribution is -0.870. The molecule has 8 nitrogen and oxygen atoms in total. The molecule has 0 saturated heterocycles. The number of hydrogen-bond acceptors (Lipinski definition) is 4. The van der Waals surface area contributed by atoms with E-state index in [-0.39, 0.29) is 0 Å². The first kappa shape index (κ1) is 59.3. The first-order valence-corrected chi connectivity index (χ1v) is 27.0. The smallest absolute Gasteiger partial charge is 0.123 e. The van der Waals surface area contributed by atoms with Crippen molar-refractivity contribution in [3.63, 3.8) is 0 Å². The minimum atomic E-state index is 0.729. The van der Waals surface area contributed by atoms with E-state index >= 15 is 0 Å². The maximum atomic E-state index is 6.41. The highest BCUT2D eigenvalue weighted by molar-refractivity contribution is 5.72. The summed E-state index contributed by atoms with van der Waals surface area (Å²) in [6.07, 6.45) is 34.3. The van der Waals surface area contributed by atoms with Crippen molar-refractivity contribution in [3.05, 3.63) is 47.5 Å². The second-order valence-corrected chi connectivity index (χ2v) is 23.7. The average molecular weight is 926 g/mol. The lowest BCUT2D eigenvalue weighted by atomic mass is 10.1. The third kappa shape index (κ3) is 36.3. The molecule has 0 heterocycles. The first-order valence-electron chi connectivity index (χ1n) is 27.0. The normalized spacial score (nSPS) is 12.6. The maximum absolute atomic E-state index is 6.41. The van der Waals surface area contributed by atoms with Crippen LogP contribution >= 0.6 is 0 Å². The van der Waals surface area contributed by atoms with Crippen LogP contribution in [0.15, 0.2) is 36.4 Å². The Bertz CT molecular complexity index is 1320. The number of ether oxygens (including phenoxy) is 4. The van der Waals surface area contributed by atoms with Gasteiger partial charge in [0.2, 0.25) is 0 Å². The summed E-state index contributed by atoms with van der Waals surface area (Å²) in [6, 6.07) is 12.8. The van der Waals surface area contributed by atoms with E-state index < -0.39 is 0 Å². The third-order valence-corrected chi connectivity index (χ3v) is 12.2. The second kappa shape index (κ2) is 33.7.